The van der Waals surface area contributed by atoms with E-state index in [1.54, 1.807) is 37.4 Å². The van der Waals surface area contributed by atoms with E-state index in [4.69, 9.17) is 16.3 Å². The molecule has 1 N–H and O–H groups in total. The van der Waals surface area contributed by atoms with Gasteiger partial charge in [0.1, 0.15) is 11.3 Å². The summed E-state index contributed by atoms with van der Waals surface area (Å²) in [7, 11) is 1.56. The number of amides is 3. The standard InChI is InChI=1S/C24H22ClN3O4/c1-12-16(25)10-9-15-20(12)26-23(31)24(15)19-18(17-4-3-11-27(17)24)21(29)28(22(19)30)13-5-7-14(32-2)8-6-13/h5-10,17-19H,3-4,11H2,1-2H3,(H,26,31)/t17-,18+,19-,24+/m0/s1. The van der Waals surface area contributed by atoms with Crippen LogP contribution in [-0.4, -0.2) is 42.3 Å². The zero-order valence-electron chi connectivity index (χ0n) is 17.7. The van der Waals surface area contributed by atoms with Crippen LogP contribution in [0.2, 0.25) is 5.02 Å². The molecule has 4 aliphatic rings. The van der Waals surface area contributed by atoms with Crippen LogP contribution >= 0.6 is 11.6 Å². The molecule has 0 aliphatic carbocycles. The van der Waals surface area contributed by atoms with Gasteiger partial charge >= 0.3 is 0 Å². The van der Waals surface area contributed by atoms with Crippen molar-refractivity contribution in [3.8, 4) is 5.75 Å². The molecule has 1 spiro atoms. The van der Waals surface area contributed by atoms with Crippen molar-refractivity contribution in [3.63, 3.8) is 0 Å². The third-order valence-electron chi connectivity index (χ3n) is 7.69. The Balaban J connectivity index is 1.53. The second kappa shape index (κ2) is 6.56. The Kier molecular flexibility index (Phi) is 4.05. The van der Waals surface area contributed by atoms with Gasteiger partial charge in [0.05, 0.1) is 30.3 Å². The van der Waals surface area contributed by atoms with Crippen LogP contribution in [0.1, 0.15) is 24.0 Å². The van der Waals surface area contributed by atoms with Crippen LogP contribution in [0, 0.1) is 18.8 Å². The number of imide groups is 1. The minimum atomic E-state index is -1.19. The third-order valence-corrected chi connectivity index (χ3v) is 8.10. The summed E-state index contributed by atoms with van der Waals surface area (Å²) in [5.74, 6) is -1.48. The van der Waals surface area contributed by atoms with Gasteiger partial charge in [0.2, 0.25) is 17.7 Å². The predicted octanol–water partition coefficient (Wildman–Crippen LogP) is 3.09. The predicted molar refractivity (Wildman–Crippen MR) is 119 cm³/mol. The van der Waals surface area contributed by atoms with E-state index in [2.05, 4.69) is 10.2 Å². The van der Waals surface area contributed by atoms with E-state index in [1.165, 1.54) is 4.90 Å². The van der Waals surface area contributed by atoms with Crippen LogP contribution in [0.5, 0.6) is 5.75 Å². The molecule has 2 aromatic carbocycles. The van der Waals surface area contributed by atoms with Gasteiger partial charge in [-0.15, -0.1) is 0 Å². The Morgan fingerprint density at radius 2 is 1.84 bits per heavy atom. The fourth-order valence-electron chi connectivity index (χ4n) is 6.38. The molecule has 3 saturated heterocycles. The maximum atomic E-state index is 13.9. The van der Waals surface area contributed by atoms with E-state index >= 15 is 0 Å². The van der Waals surface area contributed by atoms with E-state index in [1.807, 2.05) is 13.0 Å². The second-order valence-electron chi connectivity index (χ2n) is 8.93. The zero-order chi connectivity index (χ0) is 22.4. The van der Waals surface area contributed by atoms with E-state index in [-0.39, 0.29) is 23.8 Å². The fourth-order valence-corrected chi connectivity index (χ4v) is 6.53. The molecule has 164 valence electrons. The molecular formula is C24H22ClN3O4. The SMILES string of the molecule is COc1ccc(N2C(=O)[C@H]3[C@@H](C2=O)[C@]2(C(=O)Nc4c2ccc(Cl)c4C)N2CCC[C@@H]32)cc1. The number of fused-ring (bicyclic) bond motifs is 7. The van der Waals surface area contributed by atoms with Crippen molar-refractivity contribution in [1.82, 2.24) is 4.90 Å². The molecule has 4 heterocycles. The van der Waals surface area contributed by atoms with Gasteiger partial charge in [0.25, 0.3) is 0 Å². The number of ether oxygens (including phenoxy) is 1. The van der Waals surface area contributed by atoms with Crippen molar-refractivity contribution in [2.24, 2.45) is 11.8 Å². The summed E-state index contributed by atoms with van der Waals surface area (Å²) in [6.45, 7) is 2.54. The second-order valence-corrected chi connectivity index (χ2v) is 9.34. The molecule has 6 rings (SSSR count). The first-order valence-electron chi connectivity index (χ1n) is 10.8. The van der Waals surface area contributed by atoms with E-state index in [9.17, 15) is 14.4 Å². The molecule has 4 atom stereocenters. The summed E-state index contributed by atoms with van der Waals surface area (Å²) in [6, 6.07) is 10.3. The third kappa shape index (κ3) is 2.18. The molecule has 0 saturated carbocycles. The smallest absolute Gasteiger partial charge is 0.250 e. The number of carbonyl (C=O) groups excluding carboxylic acids is 3. The normalized spacial score (nSPS) is 30.7. The molecule has 2 aromatic rings. The number of hydrogen-bond donors (Lipinski definition) is 1. The Hall–Kier alpha value is -2.90. The van der Waals surface area contributed by atoms with Gasteiger partial charge in [-0.1, -0.05) is 17.7 Å². The van der Waals surface area contributed by atoms with Crippen molar-refractivity contribution >= 4 is 40.7 Å². The molecule has 8 heteroatoms. The summed E-state index contributed by atoms with van der Waals surface area (Å²) < 4.78 is 5.21. The van der Waals surface area contributed by atoms with Crippen LogP contribution in [-0.2, 0) is 19.9 Å². The van der Waals surface area contributed by atoms with Gasteiger partial charge in [-0.05, 0) is 62.2 Å². The van der Waals surface area contributed by atoms with Crippen LogP contribution in [0.25, 0.3) is 0 Å². The lowest BCUT2D eigenvalue weighted by Gasteiger charge is -2.36. The summed E-state index contributed by atoms with van der Waals surface area (Å²) in [5.41, 5.74) is 1.50. The lowest BCUT2D eigenvalue weighted by atomic mass is 9.75. The average Bonchev–Trinajstić information content (AvgIpc) is 3.50. The van der Waals surface area contributed by atoms with E-state index in [0.717, 1.165) is 24.0 Å². The van der Waals surface area contributed by atoms with Crippen LogP contribution in [0.15, 0.2) is 36.4 Å². The topological polar surface area (TPSA) is 78.9 Å². The number of benzene rings is 2. The Bertz CT molecular complexity index is 1200. The highest BCUT2D eigenvalue weighted by molar-refractivity contribution is 6.32. The maximum Gasteiger partial charge on any atom is 0.250 e. The molecular weight excluding hydrogens is 430 g/mol. The Morgan fingerprint density at radius 3 is 2.56 bits per heavy atom. The number of rotatable bonds is 2. The van der Waals surface area contributed by atoms with Crippen molar-refractivity contribution < 1.29 is 19.1 Å². The number of halogens is 1. The molecule has 32 heavy (non-hydrogen) atoms. The maximum absolute atomic E-state index is 13.9. The molecule has 0 unspecified atom stereocenters. The first kappa shape index (κ1) is 19.8. The average molecular weight is 452 g/mol. The summed E-state index contributed by atoms with van der Waals surface area (Å²) in [4.78, 5) is 44.6. The van der Waals surface area contributed by atoms with Gasteiger partial charge < -0.3 is 10.1 Å². The lowest BCUT2D eigenvalue weighted by Crippen LogP contribution is -2.54. The van der Waals surface area contributed by atoms with Gasteiger partial charge in [-0.25, -0.2) is 4.90 Å². The van der Waals surface area contributed by atoms with Gasteiger partial charge in [-0.3, -0.25) is 19.3 Å². The largest absolute Gasteiger partial charge is 0.497 e. The van der Waals surface area contributed by atoms with Crippen molar-refractivity contribution in [3.05, 3.63) is 52.5 Å². The first-order chi connectivity index (χ1) is 15.4. The molecule has 7 nitrogen and oxygen atoms in total. The zero-order valence-corrected chi connectivity index (χ0v) is 18.5. The molecule has 0 radical (unpaired) electrons. The number of carbonyl (C=O) groups is 3. The number of nitrogens with one attached hydrogen (secondary N) is 1. The molecule has 4 aliphatic heterocycles. The van der Waals surface area contributed by atoms with Crippen LogP contribution in [0.3, 0.4) is 0 Å². The molecule has 0 aromatic heterocycles. The van der Waals surface area contributed by atoms with Gasteiger partial charge in [0, 0.05) is 16.6 Å². The number of anilines is 2. The van der Waals surface area contributed by atoms with Crippen molar-refractivity contribution in [2.75, 3.05) is 23.9 Å². The summed E-state index contributed by atoms with van der Waals surface area (Å²) in [5, 5.41) is 3.56. The first-order valence-corrected chi connectivity index (χ1v) is 11.2. The highest BCUT2D eigenvalue weighted by Crippen LogP contribution is 2.61. The van der Waals surface area contributed by atoms with Crippen LogP contribution in [0.4, 0.5) is 11.4 Å². The number of hydrogen-bond acceptors (Lipinski definition) is 5. The highest BCUT2D eigenvalue weighted by Gasteiger charge is 2.74. The number of methoxy groups -OCH3 is 1. The minimum absolute atomic E-state index is 0.146. The van der Waals surface area contributed by atoms with Crippen LogP contribution < -0.4 is 15.0 Å². The minimum Gasteiger partial charge on any atom is -0.497 e. The summed E-state index contributed by atoms with van der Waals surface area (Å²) in [6.07, 6.45) is 1.67. The monoisotopic (exact) mass is 451 g/mol. The Labute approximate surface area is 190 Å². The van der Waals surface area contributed by atoms with E-state index in [0.29, 0.717) is 28.7 Å². The highest BCUT2D eigenvalue weighted by atomic mass is 35.5. The quantitative estimate of drug-likeness (QED) is 0.710. The van der Waals surface area contributed by atoms with Gasteiger partial charge in [-0.2, -0.15) is 0 Å². The Morgan fingerprint density at radius 1 is 1.09 bits per heavy atom. The molecule has 0 bridgehead atoms. The molecule has 3 fully saturated rings. The lowest BCUT2D eigenvalue weighted by molar-refractivity contribution is -0.135. The van der Waals surface area contributed by atoms with Crippen molar-refractivity contribution in [1.29, 1.82) is 0 Å². The summed E-state index contributed by atoms with van der Waals surface area (Å²) >= 11 is 6.33. The molecule has 3 amide bonds. The van der Waals surface area contributed by atoms with Crippen molar-refractivity contribution in [2.45, 2.75) is 31.3 Å². The van der Waals surface area contributed by atoms with Gasteiger partial charge in [0.15, 0.2) is 0 Å². The fraction of sp³-hybridized carbons (Fsp3) is 0.375. The number of nitrogens with zero attached hydrogens (tertiary/aromatic N) is 2. The van der Waals surface area contributed by atoms with E-state index < -0.39 is 17.4 Å².